The number of amides is 1. The number of piperidine rings is 1. The first-order chi connectivity index (χ1) is 13.4. The second-order valence-corrected chi connectivity index (χ2v) is 8.95. The van der Waals surface area contributed by atoms with E-state index >= 15 is 0 Å². The lowest BCUT2D eigenvalue weighted by Crippen LogP contribution is -2.44. The number of thiophene rings is 1. The lowest BCUT2D eigenvalue weighted by molar-refractivity contribution is -0.122. The maximum absolute atomic E-state index is 13.0. The number of nitrogens with zero attached hydrogens (tertiary/aromatic N) is 1. The van der Waals surface area contributed by atoms with Crippen molar-refractivity contribution in [1.82, 2.24) is 10.2 Å². The zero-order valence-corrected chi connectivity index (χ0v) is 17.3. The molecule has 0 bridgehead atoms. The lowest BCUT2D eigenvalue weighted by Gasteiger charge is -2.32. The molecule has 0 saturated carbocycles. The molecule has 28 heavy (non-hydrogen) atoms. The van der Waals surface area contributed by atoms with Gasteiger partial charge in [0.1, 0.15) is 5.82 Å². The Balaban J connectivity index is 1.38. The third-order valence-corrected chi connectivity index (χ3v) is 6.16. The highest BCUT2D eigenvalue weighted by atomic mass is 32.1. The molecule has 4 nitrogen and oxygen atoms in total. The van der Waals surface area contributed by atoms with Gasteiger partial charge < -0.3 is 5.32 Å². The second kappa shape index (κ2) is 9.43. The molecule has 0 radical (unpaired) electrons. The first kappa shape index (κ1) is 20.7. The number of carbonyl (C=O) groups excluding carboxylic acids is 2. The summed E-state index contributed by atoms with van der Waals surface area (Å²) in [6.45, 7) is 6.53. The van der Waals surface area contributed by atoms with E-state index in [-0.39, 0.29) is 36.4 Å². The lowest BCUT2D eigenvalue weighted by atomic mass is 10.0. The van der Waals surface area contributed by atoms with Crippen LogP contribution in [0.3, 0.4) is 0 Å². The summed E-state index contributed by atoms with van der Waals surface area (Å²) in [6.07, 6.45) is 2.28. The van der Waals surface area contributed by atoms with Crippen molar-refractivity contribution in [2.75, 3.05) is 13.1 Å². The molecule has 1 aromatic carbocycles. The van der Waals surface area contributed by atoms with Gasteiger partial charge in [0.25, 0.3) is 0 Å². The van der Waals surface area contributed by atoms with Crippen molar-refractivity contribution in [3.63, 3.8) is 0 Å². The first-order valence-corrected chi connectivity index (χ1v) is 10.6. The summed E-state index contributed by atoms with van der Waals surface area (Å²) >= 11 is 1.62. The zero-order chi connectivity index (χ0) is 20.1. The Bertz CT molecular complexity index is 824. The normalized spacial score (nSPS) is 15.5. The topological polar surface area (TPSA) is 49.4 Å². The van der Waals surface area contributed by atoms with Gasteiger partial charge in [-0.3, -0.25) is 14.5 Å². The van der Waals surface area contributed by atoms with Gasteiger partial charge in [0, 0.05) is 53.8 Å². The van der Waals surface area contributed by atoms with E-state index in [9.17, 15) is 14.0 Å². The molecule has 2 heterocycles. The maximum Gasteiger partial charge on any atom is 0.220 e. The van der Waals surface area contributed by atoms with Gasteiger partial charge >= 0.3 is 0 Å². The van der Waals surface area contributed by atoms with Crippen LogP contribution in [-0.4, -0.2) is 35.7 Å². The van der Waals surface area contributed by atoms with E-state index in [0.29, 0.717) is 0 Å². The fourth-order valence-corrected chi connectivity index (χ4v) is 4.60. The average Bonchev–Trinajstić information content (AvgIpc) is 3.01. The minimum atomic E-state index is -0.215. The van der Waals surface area contributed by atoms with Crippen molar-refractivity contribution in [2.24, 2.45) is 0 Å². The van der Waals surface area contributed by atoms with Crippen LogP contribution >= 0.6 is 11.3 Å². The van der Waals surface area contributed by atoms with Crippen LogP contribution in [0.15, 0.2) is 30.3 Å². The van der Waals surface area contributed by atoms with Gasteiger partial charge in [-0.05, 0) is 50.5 Å². The highest BCUT2D eigenvalue weighted by Gasteiger charge is 2.21. The summed E-state index contributed by atoms with van der Waals surface area (Å²) in [4.78, 5) is 29.0. The summed E-state index contributed by atoms with van der Waals surface area (Å²) < 4.78 is 13.0. The van der Waals surface area contributed by atoms with Gasteiger partial charge in [-0.15, -0.1) is 11.3 Å². The van der Waals surface area contributed by atoms with Gasteiger partial charge in [0.05, 0.1) is 0 Å². The molecule has 1 N–H and O–H groups in total. The molecular formula is C22H27FN2O2S. The summed E-state index contributed by atoms with van der Waals surface area (Å²) in [6, 6.07) is 8.69. The quantitative estimate of drug-likeness (QED) is 0.705. The summed E-state index contributed by atoms with van der Waals surface area (Å²) in [5, 5.41) is 3.07. The fourth-order valence-electron chi connectivity index (χ4n) is 3.65. The molecule has 0 unspecified atom stereocenters. The molecule has 1 aromatic heterocycles. The zero-order valence-electron chi connectivity index (χ0n) is 16.5. The monoisotopic (exact) mass is 402 g/mol. The van der Waals surface area contributed by atoms with Crippen molar-refractivity contribution in [1.29, 1.82) is 0 Å². The van der Waals surface area contributed by atoms with E-state index in [4.69, 9.17) is 0 Å². The van der Waals surface area contributed by atoms with Gasteiger partial charge in [0.15, 0.2) is 5.78 Å². The molecule has 3 rings (SSSR count). The number of Topliss-reactive ketones (excluding diaryl/α,β-unsaturated/α-hetero) is 1. The van der Waals surface area contributed by atoms with Crippen molar-refractivity contribution in [2.45, 2.75) is 52.1 Å². The Morgan fingerprint density at radius 1 is 1.14 bits per heavy atom. The SMILES string of the molecule is Cc1cc(C(=O)CCC(=O)NC2CCN(Cc3ccc(F)cc3)CC2)c(C)s1. The Morgan fingerprint density at radius 3 is 2.43 bits per heavy atom. The largest absolute Gasteiger partial charge is 0.353 e. The standard InChI is InChI=1S/C22H27FN2O2S/c1-15-13-20(16(2)28-15)21(26)7-8-22(27)24-19-9-11-25(12-10-19)14-17-3-5-18(23)6-4-17/h3-6,13,19H,7-12,14H2,1-2H3,(H,24,27). The smallest absolute Gasteiger partial charge is 0.220 e. The average molecular weight is 403 g/mol. The number of hydrogen-bond acceptors (Lipinski definition) is 4. The summed E-state index contributed by atoms with van der Waals surface area (Å²) in [5.74, 6) is -0.214. The molecule has 6 heteroatoms. The van der Waals surface area contributed by atoms with Crippen LogP contribution in [-0.2, 0) is 11.3 Å². The van der Waals surface area contributed by atoms with Crippen LogP contribution in [0.4, 0.5) is 4.39 Å². The highest BCUT2D eigenvalue weighted by molar-refractivity contribution is 7.12. The van der Waals surface area contributed by atoms with Crippen LogP contribution in [0, 0.1) is 19.7 Å². The van der Waals surface area contributed by atoms with Crippen molar-refractivity contribution in [3.05, 3.63) is 57.0 Å². The van der Waals surface area contributed by atoms with Crippen LogP contribution in [0.2, 0.25) is 0 Å². The van der Waals surface area contributed by atoms with Crippen molar-refractivity contribution in [3.8, 4) is 0 Å². The molecular weight excluding hydrogens is 375 g/mol. The molecule has 1 amide bonds. The maximum atomic E-state index is 13.0. The van der Waals surface area contributed by atoms with Crippen LogP contribution in [0.5, 0.6) is 0 Å². The molecule has 1 fully saturated rings. The van der Waals surface area contributed by atoms with E-state index in [0.717, 1.165) is 53.4 Å². The van der Waals surface area contributed by atoms with E-state index in [1.54, 1.807) is 11.3 Å². The highest BCUT2D eigenvalue weighted by Crippen LogP contribution is 2.22. The van der Waals surface area contributed by atoms with Crippen molar-refractivity contribution >= 4 is 23.0 Å². The molecule has 1 aliphatic heterocycles. The summed E-state index contributed by atoms with van der Waals surface area (Å²) in [5.41, 5.74) is 1.85. The summed E-state index contributed by atoms with van der Waals surface area (Å²) in [7, 11) is 0. The predicted molar refractivity (Wildman–Crippen MR) is 110 cm³/mol. The number of nitrogens with one attached hydrogen (secondary N) is 1. The van der Waals surface area contributed by atoms with Crippen LogP contribution < -0.4 is 5.32 Å². The molecule has 2 aromatic rings. The number of carbonyl (C=O) groups is 2. The number of benzene rings is 1. The number of ketones is 1. The molecule has 0 atom stereocenters. The predicted octanol–water partition coefficient (Wildman–Crippen LogP) is 4.25. The molecule has 0 spiro atoms. The third kappa shape index (κ3) is 5.72. The van der Waals surface area contributed by atoms with E-state index in [1.165, 1.54) is 12.1 Å². The molecule has 150 valence electrons. The molecule has 0 aliphatic carbocycles. The third-order valence-electron chi connectivity index (χ3n) is 5.19. The Kier molecular flexibility index (Phi) is 6.97. The Hall–Kier alpha value is -2.05. The van der Waals surface area contributed by atoms with Gasteiger partial charge in [-0.1, -0.05) is 12.1 Å². The van der Waals surface area contributed by atoms with Gasteiger partial charge in [-0.25, -0.2) is 4.39 Å². The van der Waals surface area contributed by atoms with Crippen LogP contribution in [0.25, 0.3) is 0 Å². The first-order valence-electron chi connectivity index (χ1n) is 9.77. The number of halogens is 1. The van der Waals surface area contributed by atoms with Crippen LogP contribution in [0.1, 0.15) is 51.4 Å². The molecule has 1 saturated heterocycles. The Morgan fingerprint density at radius 2 is 1.82 bits per heavy atom. The van der Waals surface area contributed by atoms with Gasteiger partial charge in [-0.2, -0.15) is 0 Å². The van der Waals surface area contributed by atoms with Crippen molar-refractivity contribution < 1.29 is 14.0 Å². The fraction of sp³-hybridized carbons (Fsp3) is 0.455. The minimum Gasteiger partial charge on any atom is -0.353 e. The van der Waals surface area contributed by atoms with E-state index in [2.05, 4.69) is 10.2 Å². The van der Waals surface area contributed by atoms with Gasteiger partial charge in [0.2, 0.25) is 5.91 Å². The van der Waals surface area contributed by atoms with E-state index < -0.39 is 0 Å². The number of aryl methyl sites for hydroxylation is 2. The minimum absolute atomic E-state index is 0.0464. The molecule has 1 aliphatic rings. The number of hydrogen-bond donors (Lipinski definition) is 1. The van der Waals surface area contributed by atoms with E-state index in [1.807, 2.05) is 32.0 Å². The number of rotatable bonds is 7. The Labute approximate surface area is 169 Å². The second-order valence-electron chi connectivity index (χ2n) is 7.49. The number of likely N-dealkylation sites (tertiary alicyclic amines) is 1.